The van der Waals surface area contributed by atoms with Crippen LogP contribution in [0.4, 0.5) is 0 Å². The highest BCUT2D eigenvalue weighted by Crippen LogP contribution is 2.24. The number of hydrogen-bond donors (Lipinski definition) is 1. The van der Waals surface area contributed by atoms with E-state index in [1.165, 1.54) is 0 Å². The van der Waals surface area contributed by atoms with Crippen LogP contribution < -0.4 is 0 Å². The number of nitrogens with zero attached hydrogens (tertiary/aromatic N) is 3. The molecule has 0 aliphatic carbocycles. The Morgan fingerprint density at radius 3 is 2.74 bits per heavy atom. The van der Waals surface area contributed by atoms with Crippen LogP contribution in [0.1, 0.15) is 23.1 Å². The van der Waals surface area contributed by atoms with Gasteiger partial charge in [0.25, 0.3) is 0 Å². The molecule has 0 saturated carbocycles. The molecule has 1 unspecified atom stereocenters. The van der Waals surface area contributed by atoms with Crippen LogP contribution in [0.5, 0.6) is 0 Å². The highest BCUT2D eigenvalue weighted by Gasteiger charge is 2.18. The highest BCUT2D eigenvalue weighted by molar-refractivity contribution is 5.34. The van der Waals surface area contributed by atoms with Crippen molar-refractivity contribution in [1.29, 1.82) is 0 Å². The van der Waals surface area contributed by atoms with Gasteiger partial charge in [-0.05, 0) is 25.1 Å². The molecule has 1 N–H and O–H groups in total. The van der Waals surface area contributed by atoms with Gasteiger partial charge in [-0.25, -0.2) is 4.68 Å². The molecule has 0 saturated heterocycles. The fraction of sp³-hybridized carbons (Fsp3) is 0.143. The molecule has 5 heteroatoms. The van der Waals surface area contributed by atoms with E-state index in [1.807, 2.05) is 37.3 Å². The summed E-state index contributed by atoms with van der Waals surface area (Å²) in [6, 6.07) is 11.4. The molecule has 0 aliphatic heterocycles. The van der Waals surface area contributed by atoms with Crippen LogP contribution in [-0.2, 0) is 0 Å². The molecule has 1 aromatic carbocycles. The first kappa shape index (κ1) is 11.7. The van der Waals surface area contributed by atoms with Crippen LogP contribution in [0.15, 0.2) is 53.3 Å². The Morgan fingerprint density at radius 1 is 1.26 bits per heavy atom. The Kier molecular flexibility index (Phi) is 2.89. The van der Waals surface area contributed by atoms with Crippen molar-refractivity contribution >= 4 is 0 Å². The van der Waals surface area contributed by atoms with Crippen molar-refractivity contribution < 1.29 is 9.52 Å². The number of hydrogen-bond acceptors (Lipinski definition) is 4. The van der Waals surface area contributed by atoms with Crippen LogP contribution in [-0.4, -0.2) is 20.1 Å². The van der Waals surface area contributed by atoms with Crippen molar-refractivity contribution in [3.05, 3.63) is 65.9 Å². The average Bonchev–Trinajstić information content (AvgIpc) is 3.07. The maximum atomic E-state index is 10.4. The van der Waals surface area contributed by atoms with E-state index >= 15 is 0 Å². The van der Waals surface area contributed by atoms with Crippen LogP contribution in [0.3, 0.4) is 0 Å². The normalized spacial score (nSPS) is 12.5. The van der Waals surface area contributed by atoms with Crippen molar-refractivity contribution in [3.8, 4) is 5.69 Å². The molecule has 0 bridgehead atoms. The molecule has 19 heavy (non-hydrogen) atoms. The number of benzene rings is 1. The summed E-state index contributed by atoms with van der Waals surface area (Å²) in [7, 11) is 0. The van der Waals surface area contributed by atoms with Crippen molar-refractivity contribution in [2.24, 2.45) is 0 Å². The molecule has 96 valence electrons. The summed E-state index contributed by atoms with van der Waals surface area (Å²) < 4.78 is 6.84. The third kappa shape index (κ3) is 2.15. The Bertz CT molecular complexity index is 673. The fourth-order valence-corrected chi connectivity index (χ4v) is 1.98. The molecular weight excluding hydrogens is 242 g/mol. The number of aromatic nitrogens is 3. The lowest BCUT2D eigenvalue weighted by atomic mass is 10.1. The van der Waals surface area contributed by atoms with Gasteiger partial charge >= 0.3 is 0 Å². The van der Waals surface area contributed by atoms with Gasteiger partial charge in [0.1, 0.15) is 11.9 Å². The molecule has 2 aromatic heterocycles. The van der Waals surface area contributed by atoms with Crippen LogP contribution in [0, 0.1) is 6.92 Å². The number of aliphatic hydroxyl groups excluding tert-OH is 1. The standard InChI is InChI=1S/C14H13N3O2/c1-10-7-11(9-19-10)14(18)13-8-15-16-17(13)12-5-3-2-4-6-12/h2-9,14,18H,1H3. The molecule has 0 radical (unpaired) electrons. The van der Waals surface area contributed by atoms with E-state index in [-0.39, 0.29) is 0 Å². The predicted molar refractivity (Wildman–Crippen MR) is 68.9 cm³/mol. The first-order chi connectivity index (χ1) is 9.25. The first-order valence-corrected chi connectivity index (χ1v) is 5.95. The number of furan rings is 1. The van der Waals surface area contributed by atoms with Crippen molar-refractivity contribution in [1.82, 2.24) is 15.0 Å². The number of aliphatic hydroxyl groups is 1. The summed E-state index contributed by atoms with van der Waals surface area (Å²) in [4.78, 5) is 0. The van der Waals surface area contributed by atoms with E-state index in [4.69, 9.17) is 4.42 Å². The van der Waals surface area contributed by atoms with E-state index in [9.17, 15) is 5.11 Å². The monoisotopic (exact) mass is 255 g/mol. The molecule has 0 spiro atoms. The summed E-state index contributed by atoms with van der Waals surface area (Å²) in [5, 5.41) is 18.3. The molecule has 3 aromatic rings. The maximum absolute atomic E-state index is 10.4. The summed E-state index contributed by atoms with van der Waals surface area (Å²) in [6.07, 6.45) is 2.29. The van der Waals surface area contributed by atoms with Gasteiger partial charge in [-0.15, -0.1) is 5.10 Å². The van der Waals surface area contributed by atoms with Crippen molar-refractivity contribution in [2.45, 2.75) is 13.0 Å². The smallest absolute Gasteiger partial charge is 0.126 e. The lowest BCUT2D eigenvalue weighted by Crippen LogP contribution is -2.07. The zero-order chi connectivity index (χ0) is 13.2. The highest BCUT2D eigenvalue weighted by atomic mass is 16.3. The van der Waals surface area contributed by atoms with Gasteiger partial charge < -0.3 is 9.52 Å². The van der Waals surface area contributed by atoms with E-state index in [0.717, 1.165) is 11.4 Å². The number of aryl methyl sites for hydroxylation is 1. The quantitative estimate of drug-likeness (QED) is 0.779. The third-order valence-corrected chi connectivity index (χ3v) is 2.92. The Hall–Kier alpha value is -2.40. The van der Waals surface area contributed by atoms with Gasteiger partial charge in [0.05, 0.1) is 23.8 Å². The van der Waals surface area contributed by atoms with Gasteiger partial charge in [-0.3, -0.25) is 0 Å². The van der Waals surface area contributed by atoms with Crippen molar-refractivity contribution in [2.75, 3.05) is 0 Å². The maximum Gasteiger partial charge on any atom is 0.126 e. The zero-order valence-corrected chi connectivity index (χ0v) is 10.4. The minimum atomic E-state index is -0.812. The Labute approximate surface area is 110 Å². The molecule has 0 aliphatic rings. The van der Waals surface area contributed by atoms with Crippen LogP contribution in [0.25, 0.3) is 5.69 Å². The molecule has 2 heterocycles. The molecule has 0 fully saturated rings. The van der Waals surface area contributed by atoms with E-state index in [1.54, 1.807) is 23.2 Å². The van der Waals surface area contributed by atoms with Gasteiger partial charge in [0.2, 0.25) is 0 Å². The fourth-order valence-electron chi connectivity index (χ4n) is 1.98. The summed E-state index contributed by atoms with van der Waals surface area (Å²) in [6.45, 7) is 1.84. The largest absolute Gasteiger partial charge is 0.469 e. The third-order valence-electron chi connectivity index (χ3n) is 2.92. The Morgan fingerprint density at radius 2 is 2.05 bits per heavy atom. The lowest BCUT2D eigenvalue weighted by Gasteiger charge is -2.10. The second kappa shape index (κ2) is 4.70. The van der Waals surface area contributed by atoms with E-state index in [0.29, 0.717) is 11.3 Å². The second-order valence-electron chi connectivity index (χ2n) is 4.30. The summed E-state index contributed by atoms with van der Waals surface area (Å²) >= 11 is 0. The molecule has 5 nitrogen and oxygen atoms in total. The van der Waals surface area contributed by atoms with Gasteiger partial charge in [-0.1, -0.05) is 23.4 Å². The van der Waals surface area contributed by atoms with Crippen molar-refractivity contribution in [3.63, 3.8) is 0 Å². The van der Waals surface area contributed by atoms with Gasteiger partial charge in [0, 0.05) is 5.56 Å². The molecule has 0 amide bonds. The van der Waals surface area contributed by atoms with E-state index < -0.39 is 6.10 Å². The van der Waals surface area contributed by atoms with Crippen LogP contribution >= 0.6 is 0 Å². The summed E-state index contributed by atoms with van der Waals surface area (Å²) in [5.74, 6) is 0.757. The molecule has 3 rings (SSSR count). The van der Waals surface area contributed by atoms with E-state index in [2.05, 4.69) is 10.3 Å². The lowest BCUT2D eigenvalue weighted by molar-refractivity contribution is 0.211. The second-order valence-corrected chi connectivity index (χ2v) is 4.30. The summed E-state index contributed by atoms with van der Waals surface area (Å²) in [5.41, 5.74) is 2.15. The average molecular weight is 255 g/mol. The van der Waals surface area contributed by atoms with Gasteiger partial charge in [0.15, 0.2) is 0 Å². The number of para-hydroxylation sites is 1. The minimum absolute atomic E-state index is 0.604. The van der Waals surface area contributed by atoms with Gasteiger partial charge in [-0.2, -0.15) is 0 Å². The zero-order valence-electron chi connectivity index (χ0n) is 10.4. The number of rotatable bonds is 3. The SMILES string of the molecule is Cc1cc(C(O)c2cnnn2-c2ccccc2)co1. The topological polar surface area (TPSA) is 64.1 Å². The predicted octanol–water partition coefficient (Wildman–Crippen LogP) is 2.25. The first-order valence-electron chi connectivity index (χ1n) is 5.95. The molecular formula is C14H13N3O2. The minimum Gasteiger partial charge on any atom is -0.469 e. The van der Waals surface area contributed by atoms with Crippen LogP contribution in [0.2, 0.25) is 0 Å². The Balaban J connectivity index is 2.01. The molecule has 1 atom stereocenters.